The van der Waals surface area contributed by atoms with Crippen molar-refractivity contribution in [1.29, 1.82) is 0 Å². The first-order chi connectivity index (χ1) is 13.0. The summed E-state index contributed by atoms with van der Waals surface area (Å²) in [4.78, 5) is 26.7. The number of ether oxygens (including phenoxy) is 2. The molecular formula is C20H21BrN2O4. The van der Waals surface area contributed by atoms with Crippen LogP contribution >= 0.6 is 15.9 Å². The van der Waals surface area contributed by atoms with Crippen LogP contribution in [0.25, 0.3) is 0 Å². The van der Waals surface area contributed by atoms with E-state index in [1.165, 1.54) is 0 Å². The Kier molecular flexibility index (Phi) is 6.47. The number of amides is 2. The quantitative estimate of drug-likeness (QED) is 0.787. The van der Waals surface area contributed by atoms with Crippen LogP contribution in [-0.2, 0) is 9.53 Å². The molecule has 1 N–H and O–H groups in total. The minimum absolute atomic E-state index is 0.113. The van der Waals surface area contributed by atoms with Crippen LogP contribution in [-0.4, -0.2) is 49.6 Å². The second-order valence-corrected chi connectivity index (χ2v) is 7.11. The largest absolute Gasteiger partial charge is 0.483 e. The molecule has 142 valence electrons. The van der Waals surface area contributed by atoms with Crippen molar-refractivity contribution in [2.45, 2.75) is 6.92 Å². The van der Waals surface area contributed by atoms with E-state index in [0.29, 0.717) is 37.6 Å². The van der Waals surface area contributed by atoms with E-state index in [2.05, 4.69) is 21.2 Å². The molecule has 6 nitrogen and oxygen atoms in total. The Morgan fingerprint density at radius 1 is 1.19 bits per heavy atom. The third-order valence-corrected chi connectivity index (χ3v) is 4.73. The zero-order chi connectivity index (χ0) is 19.2. The maximum atomic E-state index is 12.7. The Bertz CT molecular complexity index is 834. The van der Waals surface area contributed by atoms with E-state index >= 15 is 0 Å². The minimum atomic E-state index is -0.283. The second kappa shape index (κ2) is 9.01. The van der Waals surface area contributed by atoms with E-state index < -0.39 is 0 Å². The highest BCUT2D eigenvalue weighted by molar-refractivity contribution is 9.10. The maximum Gasteiger partial charge on any atom is 0.262 e. The molecule has 0 unspecified atom stereocenters. The van der Waals surface area contributed by atoms with E-state index in [1.807, 2.05) is 25.1 Å². The van der Waals surface area contributed by atoms with Gasteiger partial charge in [-0.05, 0) is 42.8 Å². The molecule has 2 amide bonds. The number of halogens is 1. The summed E-state index contributed by atoms with van der Waals surface area (Å²) < 4.78 is 11.9. The molecule has 0 radical (unpaired) electrons. The molecule has 3 rings (SSSR count). The number of nitrogens with one attached hydrogen (secondary N) is 1. The molecule has 0 spiro atoms. The number of hydrogen-bond acceptors (Lipinski definition) is 4. The van der Waals surface area contributed by atoms with Gasteiger partial charge in [0.05, 0.1) is 18.8 Å². The zero-order valence-corrected chi connectivity index (χ0v) is 16.6. The Hall–Kier alpha value is -2.38. The number of nitrogens with zero attached hydrogens (tertiary/aromatic N) is 1. The van der Waals surface area contributed by atoms with Crippen molar-refractivity contribution in [3.63, 3.8) is 0 Å². The Balaban J connectivity index is 1.64. The molecule has 1 aliphatic heterocycles. The Morgan fingerprint density at radius 2 is 1.93 bits per heavy atom. The molecule has 27 heavy (non-hydrogen) atoms. The summed E-state index contributed by atoms with van der Waals surface area (Å²) in [6.07, 6.45) is 0. The van der Waals surface area contributed by atoms with Gasteiger partial charge in [0.25, 0.3) is 11.8 Å². The van der Waals surface area contributed by atoms with Gasteiger partial charge in [0, 0.05) is 23.2 Å². The molecule has 1 heterocycles. The van der Waals surface area contributed by atoms with Gasteiger partial charge in [0.15, 0.2) is 6.61 Å². The molecule has 1 fully saturated rings. The summed E-state index contributed by atoms with van der Waals surface area (Å²) in [6, 6.07) is 12.6. The van der Waals surface area contributed by atoms with Crippen LogP contribution in [0.15, 0.2) is 46.9 Å². The van der Waals surface area contributed by atoms with Crippen LogP contribution in [0.5, 0.6) is 5.75 Å². The average Bonchev–Trinajstić information content (AvgIpc) is 2.69. The summed E-state index contributed by atoms with van der Waals surface area (Å²) in [5.74, 6) is 0.00350. The lowest BCUT2D eigenvalue weighted by molar-refractivity contribution is -0.118. The lowest BCUT2D eigenvalue weighted by Crippen LogP contribution is -2.40. The smallest absolute Gasteiger partial charge is 0.262 e. The lowest BCUT2D eigenvalue weighted by atomic mass is 10.1. The number of para-hydroxylation sites is 1. The third-order valence-electron chi connectivity index (χ3n) is 4.24. The van der Waals surface area contributed by atoms with Crippen LogP contribution in [0, 0.1) is 6.92 Å². The van der Waals surface area contributed by atoms with Crippen molar-refractivity contribution >= 4 is 33.4 Å². The number of benzene rings is 2. The van der Waals surface area contributed by atoms with Crippen molar-refractivity contribution in [1.82, 2.24) is 4.90 Å². The number of morpholine rings is 1. The molecule has 0 aromatic heterocycles. The summed E-state index contributed by atoms with van der Waals surface area (Å²) in [5.41, 5.74) is 2.12. The normalized spacial score (nSPS) is 13.9. The monoisotopic (exact) mass is 432 g/mol. The predicted octanol–water partition coefficient (Wildman–Crippen LogP) is 3.25. The first-order valence-electron chi connectivity index (χ1n) is 8.69. The van der Waals surface area contributed by atoms with E-state index in [-0.39, 0.29) is 18.4 Å². The fraction of sp³-hybridized carbons (Fsp3) is 0.300. The fourth-order valence-corrected chi connectivity index (χ4v) is 3.28. The molecule has 2 aromatic rings. The van der Waals surface area contributed by atoms with Gasteiger partial charge in [-0.3, -0.25) is 9.59 Å². The molecule has 1 aliphatic rings. The van der Waals surface area contributed by atoms with Crippen molar-refractivity contribution in [2.24, 2.45) is 0 Å². The fourth-order valence-electron chi connectivity index (χ4n) is 2.80. The number of rotatable bonds is 5. The van der Waals surface area contributed by atoms with E-state index in [9.17, 15) is 9.59 Å². The van der Waals surface area contributed by atoms with Gasteiger partial charge in [-0.15, -0.1) is 0 Å². The number of carbonyl (C=O) groups excluding carboxylic acids is 2. The van der Waals surface area contributed by atoms with Gasteiger partial charge in [-0.2, -0.15) is 0 Å². The topological polar surface area (TPSA) is 67.9 Å². The maximum absolute atomic E-state index is 12.7. The molecule has 0 atom stereocenters. The number of carbonyl (C=O) groups is 2. The first-order valence-corrected chi connectivity index (χ1v) is 9.49. The summed E-state index contributed by atoms with van der Waals surface area (Å²) in [5, 5.41) is 2.82. The van der Waals surface area contributed by atoms with Gasteiger partial charge < -0.3 is 19.7 Å². The Morgan fingerprint density at radius 3 is 2.67 bits per heavy atom. The SMILES string of the molecule is Cc1cc(Br)ccc1NC(=O)COc1ccccc1C(=O)N1CCOCC1. The summed E-state index contributed by atoms with van der Waals surface area (Å²) >= 11 is 3.40. The second-order valence-electron chi connectivity index (χ2n) is 6.20. The highest BCUT2D eigenvalue weighted by Crippen LogP contribution is 2.22. The van der Waals surface area contributed by atoms with Crippen LogP contribution in [0.3, 0.4) is 0 Å². The molecule has 1 saturated heterocycles. The van der Waals surface area contributed by atoms with Crippen molar-refractivity contribution < 1.29 is 19.1 Å². The van der Waals surface area contributed by atoms with Gasteiger partial charge in [0.2, 0.25) is 0 Å². The molecular weight excluding hydrogens is 412 g/mol. The zero-order valence-electron chi connectivity index (χ0n) is 15.0. The Labute approximate surface area is 166 Å². The summed E-state index contributed by atoms with van der Waals surface area (Å²) in [6.45, 7) is 3.90. The van der Waals surface area contributed by atoms with Crippen LogP contribution in [0.1, 0.15) is 15.9 Å². The number of anilines is 1. The van der Waals surface area contributed by atoms with Gasteiger partial charge in [0.1, 0.15) is 5.75 Å². The number of aryl methyl sites for hydroxylation is 1. The van der Waals surface area contributed by atoms with Crippen molar-refractivity contribution in [3.8, 4) is 5.75 Å². The van der Waals surface area contributed by atoms with Gasteiger partial charge in [-0.1, -0.05) is 28.1 Å². The average molecular weight is 433 g/mol. The van der Waals surface area contributed by atoms with Crippen LogP contribution in [0.4, 0.5) is 5.69 Å². The molecule has 7 heteroatoms. The van der Waals surface area contributed by atoms with E-state index in [0.717, 1.165) is 15.7 Å². The lowest BCUT2D eigenvalue weighted by Gasteiger charge is -2.27. The highest BCUT2D eigenvalue weighted by atomic mass is 79.9. The van der Waals surface area contributed by atoms with Gasteiger partial charge in [-0.25, -0.2) is 0 Å². The number of hydrogen-bond donors (Lipinski definition) is 1. The predicted molar refractivity (Wildman–Crippen MR) is 106 cm³/mol. The van der Waals surface area contributed by atoms with E-state index in [1.54, 1.807) is 29.2 Å². The van der Waals surface area contributed by atoms with Crippen LogP contribution < -0.4 is 10.1 Å². The van der Waals surface area contributed by atoms with Crippen molar-refractivity contribution in [2.75, 3.05) is 38.2 Å². The highest BCUT2D eigenvalue weighted by Gasteiger charge is 2.21. The third kappa shape index (κ3) is 5.08. The molecule has 0 aliphatic carbocycles. The minimum Gasteiger partial charge on any atom is -0.483 e. The van der Waals surface area contributed by atoms with E-state index in [4.69, 9.17) is 9.47 Å². The van der Waals surface area contributed by atoms with Crippen LogP contribution in [0.2, 0.25) is 0 Å². The molecule has 0 bridgehead atoms. The molecule has 2 aromatic carbocycles. The first kappa shape index (κ1) is 19.4. The summed E-state index contributed by atoms with van der Waals surface area (Å²) in [7, 11) is 0. The standard InChI is InChI=1S/C20H21BrN2O4/c1-14-12-15(21)6-7-17(14)22-19(24)13-27-18-5-3-2-4-16(18)20(25)23-8-10-26-11-9-23/h2-7,12H,8-11,13H2,1H3,(H,22,24). The van der Waals surface area contributed by atoms with Crippen molar-refractivity contribution in [3.05, 3.63) is 58.1 Å². The molecule has 0 saturated carbocycles. The van der Waals surface area contributed by atoms with Gasteiger partial charge >= 0.3 is 0 Å².